The lowest BCUT2D eigenvalue weighted by Crippen LogP contribution is -2.08. The van der Waals surface area contributed by atoms with Crippen molar-refractivity contribution < 1.29 is 0 Å². The van der Waals surface area contributed by atoms with Crippen molar-refractivity contribution in [2.45, 2.75) is 19.9 Å². The number of fused-ring (bicyclic) bond motifs is 1. The number of rotatable bonds is 2. The molecule has 2 nitrogen and oxygen atoms in total. The van der Waals surface area contributed by atoms with Gasteiger partial charge < -0.3 is 5.32 Å². The third-order valence-electron chi connectivity index (χ3n) is 1.76. The van der Waals surface area contributed by atoms with E-state index in [0.717, 1.165) is 15.1 Å². The molecule has 0 saturated heterocycles. The number of hydrogen-bond donors (Lipinski definition) is 1. The van der Waals surface area contributed by atoms with Crippen molar-refractivity contribution in [1.29, 1.82) is 0 Å². The Labute approximate surface area is 95.5 Å². The predicted molar refractivity (Wildman–Crippen MR) is 66.1 cm³/mol. The van der Waals surface area contributed by atoms with E-state index < -0.39 is 0 Å². The number of benzene rings is 1. The first-order chi connectivity index (χ1) is 6.65. The second kappa shape index (κ2) is 3.87. The molecule has 1 aromatic heterocycles. The molecule has 74 valence electrons. The van der Waals surface area contributed by atoms with Gasteiger partial charge in [0.1, 0.15) is 0 Å². The summed E-state index contributed by atoms with van der Waals surface area (Å²) in [4.78, 5) is 4.48. The first kappa shape index (κ1) is 9.93. The van der Waals surface area contributed by atoms with Gasteiger partial charge in [0, 0.05) is 10.5 Å². The van der Waals surface area contributed by atoms with Gasteiger partial charge in [-0.1, -0.05) is 27.3 Å². The van der Waals surface area contributed by atoms with Gasteiger partial charge in [0.15, 0.2) is 5.13 Å². The van der Waals surface area contributed by atoms with E-state index >= 15 is 0 Å². The van der Waals surface area contributed by atoms with Crippen molar-refractivity contribution in [2.75, 3.05) is 5.32 Å². The van der Waals surface area contributed by atoms with E-state index in [-0.39, 0.29) is 0 Å². The number of nitrogens with zero attached hydrogens (tertiary/aromatic N) is 1. The molecule has 0 bridgehead atoms. The molecule has 0 spiro atoms. The summed E-state index contributed by atoms with van der Waals surface area (Å²) in [6, 6.07) is 6.57. The molecule has 1 N–H and O–H groups in total. The minimum Gasteiger partial charge on any atom is -0.359 e. The van der Waals surface area contributed by atoms with E-state index in [1.165, 1.54) is 4.70 Å². The molecule has 0 aliphatic heterocycles. The van der Waals surface area contributed by atoms with Crippen molar-refractivity contribution in [3.63, 3.8) is 0 Å². The molecule has 2 aromatic rings. The van der Waals surface area contributed by atoms with Crippen molar-refractivity contribution in [1.82, 2.24) is 4.98 Å². The fourth-order valence-electron chi connectivity index (χ4n) is 1.21. The Kier molecular flexibility index (Phi) is 2.74. The quantitative estimate of drug-likeness (QED) is 0.896. The predicted octanol–water partition coefficient (Wildman–Crippen LogP) is 3.88. The molecule has 0 radical (unpaired) electrons. The molecule has 4 heteroatoms. The molecule has 14 heavy (non-hydrogen) atoms. The van der Waals surface area contributed by atoms with Crippen molar-refractivity contribution >= 4 is 42.6 Å². The lowest BCUT2D eigenvalue weighted by atomic mass is 10.3. The molecule has 0 aliphatic rings. The zero-order chi connectivity index (χ0) is 10.1. The lowest BCUT2D eigenvalue weighted by Gasteiger charge is -2.03. The van der Waals surface area contributed by atoms with Crippen LogP contribution in [0.3, 0.4) is 0 Å². The maximum Gasteiger partial charge on any atom is 0.183 e. The van der Waals surface area contributed by atoms with Crippen molar-refractivity contribution in [2.24, 2.45) is 0 Å². The Balaban J connectivity index is 2.41. The molecule has 1 aromatic carbocycles. The highest BCUT2D eigenvalue weighted by Gasteiger charge is 2.04. The van der Waals surface area contributed by atoms with Crippen LogP contribution in [0.4, 0.5) is 5.13 Å². The van der Waals surface area contributed by atoms with E-state index in [2.05, 4.69) is 46.1 Å². The molecule has 0 unspecified atom stereocenters. The Morgan fingerprint density at radius 2 is 2.21 bits per heavy atom. The first-order valence-corrected chi connectivity index (χ1v) is 6.09. The van der Waals surface area contributed by atoms with Gasteiger partial charge in [0.2, 0.25) is 0 Å². The minimum atomic E-state index is 0.430. The summed E-state index contributed by atoms with van der Waals surface area (Å²) in [6.45, 7) is 4.23. The average Bonchev–Trinajstić information content (AvgIpc) is 2.44. The average molecular weight is 271 g/mol. The van der Waals surface area contributed by atoms with E-state index in [1.54, 1.807) is 11.3 Å². The highest BCUT2D eigenvalue weighted by molar-refractivity contribution is 9.10. The summed E-state index contributed by atoms with van der Waals surface area (Å²) in [5, 5.41) is 4.30. The summed E-state index contributed by atoms with van der Waals surface area (Å²) in [6.07, 6.45) is 0. The second-order valence-electron chi connectivity index (χ2n) is 3.43. The van der Waals surface area contributed by atoms with E-state index in [9.17, 15) is 0 Å². The van der Waals surface area contributed by atoms with Crippen LogP contribution in [0, 0.1) is 0 Å². The van der Waals surface area contributed by atoms with Crippen LogP contribution >= 0.6 is 27.3 Å². The topological polar surface area (TPSA) is 24.9 Å². The van der Waals surface area contributed by atoms with Crippen LogP contribution in [0.1, 0.15) is 13.8 Å². The molecule has 1 heterocycles. The van der Waals surface area contributed by atoms with E-state index in [1.807, 2.05) is 12.1 Å². The van der Waals surface area contributed by atoms with Gasteiger partial charge in [-0.15, -0.1) is 0 Å². The van der Waals surface area contributed by atoms with Crippen LogP contribution in [0.5, 0.6) is 0 Å². The maximum absolute atomic E-state index is 4.48. The van der Waals surface area contributed by atoms with Crippen LogP contribution in [0.15, 0.2) is 22.7 Å². The number of anilines is 1. The summed E-state index contributed by atoms with van der Waals surface area (Å²) in [7, 11) is 0. The normalized spacial score (nSPS) is 11.1. The Morgan fingerprint density at radius 3 is 2.93 bits per heavy atom. The van der Waals surface area contributed by atoms with Crippen molar-refractivity contribution in [3.8, 4) is 0 Å². The molecule has 0 fully saturated rings. The first-order valence-electron chi connectivity index (χ1n) is 4.48. The van der Waals surface area contributed by atoms with E-state index in [4.69, 9.17) is 0 Å². The van der Waals surface area contributed by atoms with Gasteiger partial charge in [0.25, 0.3) is 0 Å². The summed E-state index contributed by atoms with van der Waals surface area (Å²) in [5.41, 5.74) is 1.06. The van der Waals surface area contributed by atoms with Crippen LogP contribution in [0.2, 0.25) is 0 Å². The number of nitrogens with one attached hydrogen (secondary N) is 1. The Bertz CT molecular complexity index is 450. The van der Waals surface area contributed by atoms with Gasteiger partial charge in [-0.25, -0.2) is 4.98 Å². The van der Waals surface area contributed by atoms with Gasteiger partial charge in [-0.05, 0) is 32.0 Å². The van der Waals surface area contributed by atoms with Gasteiger partial charge in [-0.2, -0.15) is 0 Å². The molecule has 0 amide bonds. The standard InChI is InChI=1S/C10H11BrN2S/c1-6(2)12-10-13-8-4-3-7(11)5-9(8)14-10/h3-6H,1-2H3,(H,12,13). The van der Waals surface area contributed by atoms with E-state index in [0.29, 0.717) is 6.04 Å². The van der Waals surface area contributed by atoms with Crippen LogP contribution in [-0.2, 0) is 0 Å². The third-order valence-corrected chi connectivity index (χ3v) is 3.21. The molecule has 0 saturated carbocycles. The number of aromatic nitrogens is 1. The SMILES string of the molecule is CC(C)Nc1nc2ccc(Br)cc2s1. The Hall–Kier alpha value is -0.610. The Morgan fingerprint density at radius 1 is 1.43 bits per heavy atom. The van der Waals surface area contributed by atoms with Crippen LogP contribution in [-0.4, -0.2) is 11.0 Å². The monoisotopic (exact) mass is 270 g/mol. The summed E-state index contributed by atoms with van der Waals surface area (Å²) < 4.78 is 2.31. The lowest BCUT2D eigenvalue weighted by molar-refractivity contribution is 0.897. The van der Waals surface area contributed by atoms with Gasteiger partial charge in [0.05, 0.1) is 10.2 Å². The second-order valence-corrected chi connectivity index (χ2v) is 5.38. The molecule has 0 aliphatic carbocycles. The zero-order valence-electron chi connectivity index (χ0n) is 8.04. The van der Waals surface area contributed by atoms with Gasteiger partial charge >= 0.3 is 0 Å². The third kappa shape index (κ3) is 2.07. The molecular formula is C10H11BrN2S. The fraction of sp³-hybridized carbons (Fsp3) is 0.300. The fourth-order valence-corrected chi connectivity index (χ4v) is 2.77. The number of halogens is 1. The molecular weight excluding hydrogens is 260 g/mol. The largest absolute Gasteiger partial charge is 0.359 e. The maximum atomic E-state index is 4.48. The molecule has 2 rings (SSSR count). The van der Waals surface area contributed by atoms with Gasteiger partial charge in [-0.3, -0.25) is 0 Å². The highest BCUT2D eigenvalue weighted by atomic mass is 79.9. The highest BCUT2D eigenvalue weighted by Crippen LogP contribution is 2.28. The minimum absolute atomic E-state index is 0.430. The zero-order valence-corrected chi connectivity index (χ0v) is 10.4. The summed E-state index contributed by atoms with van der Waals surface area (Å²) in [5.74, 6) is 0. The number of hydrogen-bond acceptors (Lipinski definition) is 3. The smallest absolute Gasteiger partial charge is 0.183 e. The molecule has 0 atom stereocenters. The van der Waals surface area contributed by atoms with Crippen LogP contribution in [0.25, 0.3) is 10.2 Å². The summed E-state index contributed by atoms with van der Waals surface area (Å²) >= 11 is 5.14. The van der Waals surface area contributed by atoms with Crippen molar-refractivity contribution in [3.05, 3.63) is 22.7 Å². The number of thiazole rings is 1. The van der Waals surface area contributed by atoms with Crippen LogP contribution < -0.4 is 5.32 Å².